The Morgan fingerprint density at radius 3 is 2.54 bits per heavy atom. The van der Waals surface area contributed by atoms with Gasteiger partial charge in [0.05, 0.1) is 26.4 Å². The van der Waals surface area contributed by atoms with Crippen LogP contribution >= 0.6 is 0 Å². The van der Waals surface area contributed by atoms with Gasteiger partial charge in [0, 0.05) is 36.0 Å². The smallest absolute Gasteiger partial charge is 0.266 e. The number of benzene rings is 3. The van der Waals surface area contributed by atoms with Gasteiger partial charge in [-0.2, -0.15) is 0 Å². The Kier molecular flexibility index (Phi) is 11.1. The second kappa shape index (κ2) is 15.6. The van der Waals surface area contributed by atoms with E-state index in [1.807, 2.05) is 60.7 Å². The van der Waals surface area contributed by atoms with Gasteiger partial charge in [0.25, 0.3) is 5.91 Å². The molecule has 2 aliphatic rings. The number of aliphatic imine (C=N–C) groups is 1. The normalized spacial score (nSPS) is 22.2. The van der Waals surface area contributed by atoms with Gasteiger partial charge in [-0.15, -0.1) is 0 Å². The van der Waals surface area contributed by atoms with Crippen LogP contribution in [-0.2, 0) is 22.5 Å². The summed E-state index contributed by atoms with van der Waals surface area (Å²) >= 11 is 0. The second-order valence-corrected chi connectivity index (χ2v) is 11.5. The molecular weight excluding hydrogens is 588 g/mol. The number of aliphatic hydroxyl groups is 2. The minimum atomic E-state index is -1.48. The number of amides is 1. The fourth-order valence-electron chi connectivity index (χ4n) is 5.87. The predicted octanol–water partition coefficient (Wildman–Crippen LogP) is 4.69. The van der Waals surface area contributed by atoms with Crippen LogP contribution < -0.4 is 20.3 Å². The Balaban J connectivity index is 1.57. The monoisotopic (exact) mass is 628 g/mol. The highest BCUT2D eigenvalue weighted by atomic mass is 16.5. The summed E-state index contributed by atoms with van der Waals surface area (Å²) in [4.78, 5) is 22.6. The zero-order valence-electron chi connectivity index (χ0n) is 25.8. The van der Waals surface area contributed by atoms with Gasteiger partial charge in [-0.25, -0.2) is 10.4 Å². The largest absolute Gasteiger partial charge is 0.497 e. The standard InChI is InChI=1S/C34H40N6O6/c1-44-30-9-4-8-24(20-30)31-34(21-25-6-2-3-7-26(25)22-36-40-35,33(43)39-38-27-12-14-28(42)15-13-27)37-32(46-31)23-10-16-29(17-11-23)45-19-5-18-41/h2-4,6-11,16-17,20,27-28,31,38,41-42H,5,12-15,18-19,21-22H2,1H3,(H,39,43)/t27?,28?,31-,34-/m0/s1. The summed E-state index contributed by atoms with van der Waals surface area (Å²) in [5.41, 5.74) is 16.6. The van der Waals surface area contributed by atoms with Crippen molar-refractivity contribution in [1.29, 1.82) is 0 Å². The maximum absolute atomic E-state index is 14.6. The van der Waals surface area contributed by atoms with E-state index in [-0.39, 0.29) is 43.5 Å². The zero-order valence-corrected chi connectivity index (χ0v) is 25.8. The summed E-state index contributed by atoms with van der Waals surface area (Å²) in [5.74, 6) is 1.15. The lowest BCUT2D eigenvalue weighted by atomic mass is 9.81. The molecule has 3 aromatic rings. The molecule has 0 spiro atoms. The molecule has 0 bridgehead atoms. The van der Waals surface area contributed by atoms with Crippen molar-refractivity contribution >= 4 is 11.8 Å². The van der Waals surface area contributed by atoms with Gasteiger partial charge < -0.3 is 24.4 Å². The number of carbonyl (C=O) groups excluding carboxylic acids is 1. The molecule has 12 heteroatoms. The molecule has 1 aliphatic heterocycles. The highest BCUT2D eigenvalue weighted by Crippen LogP contribution is 2.43. The summed E-state index contributed by atoms with van der Waals surface area (Å²) < 4.78 is 17.9. The van der Waals surface area contributed by atoms with E-state index in [0.717, 1.165) is 24.0 Å². The van der Waals surface area contributed by atoms with Crippen LogP contribution in [0.15, 0.2) is 82.9 Å². The third-order valence-corrected chi connectivity index (χ3v) is 8.40. The average Bonchev–Trinajstić information content (AvgIpc) is 3.48. The number of azide groups is 1. The van der Waals surface area contributed by atoms with Crippen LogP contribution in [0.3, 0.4) is 0 Å². The Labute approximate surface area is 268 Å². The molecular formula is C34H40N6O6. The number of ether oxygens (including phenoxy) is 3. The number of hydrogen-bond donors (Lipinski definition) is 4. The van der Waals surface area contributed by atoms with Crippen LogP contribution in [0.25, 0.3) is 10.4 Å². The summed E-state index contributed by atoms with van der Waals surface area (Å²) in [7, 11) is 1.58. The zero-order chi connectivity index (χ0) is 32.4. The number of methoxy groups -OCH3 is 1. The highest BCUT2D eigenvalue weighted by molar-refractivity contribution is 6.01. The van der Waals surface area contributed by atoms with Crippen LogP contribution in [0.2, 0.25) is 0 Å². The number of hydrogen-bond acceptors (Lipinski definition) is 9. The van der Waals surface area contributed by atoms with Crippen LogP contribution in [0, 0.1) is 0 Å². The van der Waals surface area contributed by atoms with Gasteiger partial charge in [0.1, 0.15) is 11.5 Å². The molecule has 0 radical (unpaired) electrons. The third-order valence-electron chi connectivity index (χ3n) is 8.40. The van der Waals surface area contributed by atoms with Crippen molar-refractivity contribution in [3.05, 3.63) is 105 Å². The van der Waals surface area contributed by atoms with Gasteiger partial charge in [0.2, 0.25) is 5.90 Å². The van der Waals surface area contributed by atoms with Crippen LogP contribution in [0.1, 0.15) is 60.5 Å². The van der Waals surface area contributed by atoms with E-state index in [2.05, 4.69) is 20.9 Å². The van der Waals surface area contributed by atoms with Crippen LogP contribution in [-0.4, -0.2) is 60.0 Å². The van der Waals surface area contributed by atoms with E-state index >= 15 is 0 Å². The Hall–Kier alpha value is -4.61. The first-order valence-electron chi connectivity index (χ1n) is 15.5. The van der Waals surface area contributed by atoms with Gasteiger partial charge in [-0.3, -0.25) is 10.2 Å². The van der Waals surface area contributed by atoms with E-state index in [9.17, 15) is 9.90 Å². The van der Waals surface area contributed by atoms with Crippen LogP contribution in [0.4, 0.5) is 0 Å². The summed E-state index contributed by atoms with van der Waals surface area (Å²) in [5, 5.41) is 22.8. The molecule has 12 nitrogen and oxygen atoms in total. The Bertz CT molecular complexity index is 1550. The quantitative estimate of drug-likeness (QED) is 0.0660. The molecule has 2 atom stereocenters. The summed E-state index contributed by atoms with van der Waals surface area (Å²) in [6, 6.07) is 22.2. The Morgan fingerprint density at radius 2 is 1.83 bits per heavy atom. The number of nitrogens with zero attached hydrogens (tertiary/aromatic N) is 4. The fraction of sp³-hybridized carbons (Fsp3) is 0.412. The van der Waals surface area contributed by atoms with Gasteiger partial charge in [-0.05, 0) is 84.3 Å². The number of aliphatic hydroxyl groups excluding tert-OH is 2. The maximum atomic E-state index is 14.6. The second-order valence-electron chi connectivity index (χ2n) is 11.5. The van der Waals surface area contributed by atoms with E-state index in [4.69, 9.17) is 29.8 Å². The lowest BCUT2D eigenvalue weighted by Crippen LogP contribution is -2.56. The molecule has 5 rings (SSSR count). The molecule has 242 valence electrons. The summed E-state index contributed by atoms with van der Waals surface area (Å²) in [6.07, 6.45) is 2.25. The van der Waals surface area contributed by atoms with Crippen LogP contribution in [0.5, 0.6) is 11.5 Å². The molecule has 1 aliphatic carbocycles. The predicted molar refractivity (Wildman–Crippen MR) is 172 cm³/mol. The molecule has 0 saturated heterocycles. The first-order valence-corrected chi connectivity index (χ1v) is 15.5. The molecule has 3 aromatic carbocycles. The summed E-state index contributed by atoms with van der Waals surface area (Å²) in [6.45, 7) is 0.546. The van der Waals surface area contributed by atoms with Gasteiger partial charge >= 0.3 is 0 Å². The SMILES string of the molecule is COc1cccc([C@@H]2OC(c3ccc(OCCCO)cc3)=N[C@]2(Cc2ccccc2CN=[N+]=[N-])C(=O)NNC2CCC(O)CC2)c1. The van der Waals surface area contributed by atoms with Crippen molar-refractivity contribution in [3.8, 4) is 11.5 Å². The van der Waals surface area contributed by atoms with E-state index in [1.54, 1.807) is 19.2 Å². The number of rotatable bonds is 14. The van der Waals surface area contributed by atoms with Gasteiger partial charge in [0.15, 0.2) is 11.6 Å². The first kappa shape index (κ1) is 32.8. The van der Waals surface area contributed by atoms with Crippen molar-refractivity contribution in [1.82, 2.24) is 10.9 Å². The molecule has 1 fully saturated rings. The van der Waals surface area contributed by atoms with Gasteiger partial charge in [-0.1, -0.05) is 41.5 Å². The molecule has 1 amide bonds. The fourth-order valence-corrected chi connectivity index (χ4v) is 5.87. The number of nitrogens with one attached hydrogen (secondary N) is 2. The lowest BCUT2D eigenvalue weighted by molar-refractivity contribution is -0.130. The van der Waals surface area contributed by atoms with E-state index < -0.39 is 11.6 Å². The first-order chi connectivity index (χ1) is 22.5. The topological polar surface area (TPSA) is 170 Å². The maximum Gasteiger partial charge on any atom is 0.266 e. The molecule has 0 unspecified atom stereocenters. The third kappa shape index (κ3) is 7.78. The van der Waals surface area contributed by atoms with Crippen molar-refractivity contribution in [2.75, 3.05) is 20.3 Å². The molecule has 0 aromatic heterocycles. The Morgan fingerprint density at radius 1 is 1.07 bits per heavy atom. The number of hydrazine groups is 1. The van der Waals surface area contributed by atoms with E-state index in [0.29, 0.717) is 48.5 Å². The minimum absolute atomic E-state index is 0.000991. The minimum Gasteiger partial charge on any atom is -0.497 e. The van der Waals surface area contributed by atoms with Crippen molar-refractivity contribution in [2.45, 2.75) is 68.9 Å². The molecule has 4 N–H and O–H groups in total. The highest BCUT2D eigenvalue weighted by Gasteiger charge is 2.54. The molecule has 1 heterocycles. The van der Waals surface area contributed by atoms with Crippen molar-refractivity contribution < 1.29 is 29.2 Å². The van der Waals surface area contributed by atoms with E-state index in [1.165, 1.54) is 0 Å². The van der Waals surface area contributed by atoms with Crippen molar-refractivity contribution in [3.63, 3.8) is 0 Å². The molecule has 46 heavy (non-hydrogen) atoms. The average molecular weight is 629 g/mol. The molecule has 1 saturated carbocycles. The number of carbonyl (C=O) groups is 1. The van der Waals surface area contributed by atoms with Crippen molar-refractivity contribution in [2.24, 2.45) is 10.1 Å². The lowest BCUT2D eigenvalue weighted by Gasteiger charge is -2.33.